The van der Waals surface area contributed by atoms with E-state index in [0.717, 1.165) is 5.56 Å². The van der Waals surface area contributed by atoms with Crippen molar-refractivity contribution in [1.29, 1.82) is 0 Å². The lowest BCUT2D eigenvalue weighted by Crippen LogP contribution is -2.23. The van der Waals surface area contributed by atoms with Crippen molar-refractivity contribution in [3.05, 3.63) is 47.7 Å². The van der Waals surface area contributed by atoms with Crippen molar-refractivity contribution in [1.82, 2.24) is 5.32 Å². The van der Waals surface area contributed by atoms with Gasteiger partial charge in [-0.25, -0.2) is 9.59 Å². The van der Waals surface area contributed by atoms with E-state index in [1.165, 1.54) is 6.08 Å². The number of hydrogen-bond donors (Lipinski definition) is 1. The maximum Gasteiger partial charge on any atom is 0.411 e. The minimum atomic E-state index is -0.609. The number of esters is 1. The number of carbonyl (C=O) groups is 2. The Kier molecular flexibility index (Phi) is 6.15. The topological polar surface area (TPSA) is 64.6 Å². The molecule has 0 radical (unpaired) electrons. The minimum Gasteiger partial charge on any atom is -0.463 e. The summed E-state index contributed by atoms with van der Waals surface area (Å²) >= 11 is 0. The Hall–Kier alpha value is -2.30. The van der Waals surface area contributed by atoms with E-state index in [9.17, 15) is 9.59 Å². The average molecular weight is 263 g/mol. The predicted octanol–water partition coefficient (Wildman–Crippen LogP) is 2.38. The fourth-order valence-corrected chi connectivity index (χ4v) is 1.32. The van der Waals surface area contributed by atoms with Gasteiger partial charge in [0.2, 0.25) is 0 Å². The van der Waals surface area contributed by atoms with Gasteiger partial charge in [-0.2, -0.15) is 0 Å². The van der Waals surface area contributed by atoms with Gasteiger partial charge in [0.25, 0.3) is 0 Å². The van der Waals surface area contributed by atoms with Crippen molar-refractivity contribution in [2.24, 2.45) is 0 Å². The van der Waals surface area contributed by atoms with Crippen LogP contribution in [0.15, 0.2) is 42.1 Å². The van der Waals surface area contributed by atoms with Crippen LogP contribution in [0.4, 0.5) is 4.79 Å². The Bertz CT molecular complexity index is 454. The van der Waals surface area contributed by atoms with Gasteiger partial charge in [0.1, 0.15) is 6.61 Å². The first-order valence-electron chi connectivity index (χ1n) is 5.94. The van der Waals surface area contributed by atoms with Crippen molar-refractivity contribution in [3.63, 3.8) is 0 Å². The molecule has 5 heteroatoms. The van der Waals surface area contributed by atoms with Crippen molar-refractivity contribution in [3.8, 4) is 0 Å². The first-order valence-corrected chi connectivity index (χ1v) is 5.94. The Morgan fingerprint density at radius 2 is 1.89 bits per heavy atom. The normalized spacial score (nSPS) is 10.7. The van der Waals surface area contributed by atoms with Gasteiger partial charge in [-0.3, -0.25) is 5.32 Å². The molecule has 0 saturated carbocycles. The lowest BCUT2D eigenvalue weighted by atomic mass is 10.2. The second-order valence-electron chi connectivity index (χ2n) is 3.77. The van der Waals surface area contributed by atoms with Gasteiger partial charge in [-0.15, -0.1) is 0 Å². The quantitative estimate of drug-likeness (QED) is 0.654. The zero-order valence-corrected chi connectivity index (χ0v) is 11.0. The van der Waals surface area contributed by atoms with Crippen LogP contribution in [0.2, 0.25) is 0 Å². The molecule has 1 amide bonds. The molecule has 1 rings (SSSR count). The first kappa shape index (κ1) is 14.8. The summed E-state index contributed by atoms with van der Waals surface area (Å²) in [6.07, 6.45) is 0.592. The van der Waals surface area contributed by atoms with E-state index in [4.69, 9.17) is 9.47 Å². The van der Waals surface area contributed by atoms with Gasteiger partial charge in [0, 0.05) is 11.8 Å². The van der Waals surface area contributed by atoms with Crippen LogP contribution in [0.1, 0.15) is 19.4 Å². The number of rotatable bonds is 5. The number of nitrogens with one attached hydrogen (secondary N) is 1. The average Bonchev–Trinajstić information content (AvgIpc) is 2.37. The van der Waals surface area contributed by atoms with Gasteiger partial charge in [0.15, 0.2) is 0 Å². The number of carbonyl (C=O) groups excluding carboxylic acids is 2. The van der Waals surface area contributed by atoms with E-state index < -0.39 is 12.1 Å². The molecule has 0 aliphatic carbocycles. The van der Waals surface area contributed by atoms with E-state index in [1.54, 1.807) is 13.8 Å². The predicted molar refractivity (Wildman–Crippen MR) is 70.2 cm³/mol. The molecule has 19 heavy (non-hydrogen) atoms. The Labute approximate surface area is 112 Å². The van der Waals surface area contributed by atoms with Crippen LogP contribution in [0.3, 0.4) is 0 Å². The van der Waals surface area contributed by atoms with Crippen LogP contribution in [-0.4, -0.2) is 18.7 Å². The first-order chi connectivity index (χ1) is 9.11. The summed E-state index contributed by atoms with van der Waals surface area (Å²) in [6, 6.07) is 9.32. The van der Waals surface area contributed by atoms with Crippen LogP contribution < -0.4 is 5.32 Å². The van der Waals surface area contributed by atoms with Gasteiger partial charge < -0.3 is 9.47 Å². The summed E-state index contributed by atoms with van der Waals surface area (Å²) in [6.45, 7) is 3.77. The number of benzene rings is 1. The molecule has 1 N–H and O–H groups in total. The molecule has 1 aromatic rings. The minimum absolute atomic E-state index is 0.180. The fraction of sp³-hybridized carbons (Fsp3) is 0.286. The van der Waals surface area contributed by atoms with E-state index in [0.29, 0.717) is 12.3 Å². The van der Waals surface area contributed by atoms with Gasteiger partial charge in [0.05, 0.1) is 6.61 Å². The molecule has 0 heterocycles. The van der Waals surface area contributed by atoms with E-state index >= 15 is 0 Å². The van der Waals surface area contributed by atoms with E-state index in [1.807, 2.05) is 30.3 Å². The molecule has 0 atom stereocenters. The second kappa shape index (κ2) is 7.92. The molecule has 0 bridgehead atoms. The standard InChI is InChI=1S/C14H17NO4/c1-3-18-13(16)9-11(2)15-14(17)19-10-12-7-5-4-6-8-12/h4-9H,3,10H2,1-2H3,(H,15,17)/b11-9-. The smallest absolute Gasteiger partial charge is 0.411 e. The highest BCUT2D eigenvalue weighted by molar-refractivity contribution is 5.83. The lowest BCUT2D eigenvalue weighted by Gasteiger charge is -2.07. The highest BCUT2D eigenvalue weighted by atomic mass is 16.5. The van der Waals surface area contributed by atoms with Crippen molar-refractivity contribution in [2.45, 2.75) is 20.5 Å². The van der Waals surface area contributed by atoms with E-state index in [-0.39, 0.29) is 6.61 Å². The van der Waals surface area contributed by atoms with Gasteiger partial charge in [-0.05, 0) is 19.4 Å². The molecule has 102 valence electrons. The highest BCUT2D eigenvalue weighted by Gasteiger charge is 2.04. The summed E-state index contributed by atoms with van der Waals surface area (Å²) in [4.78, 5) is 22.6. The fourth-order valence-electron chi connectivity index (χ4n) is 1.32. The molecule has 0 unspecified atom stereocenters. The van der Waals surface area contributed by atoms with Crippen molar-refractivity contribution < 1.29 is 19.1 Å². The summed E-state index contributed by atoms with van der Waals surface area (Å²) in [5, 5.41) is 2.44. The summed E-state index contributed by atoms with van der Waals surface area (Å²) in [7, 11) is 0. The molecule has 0 saturated heterocycles. The van der Waals surface area contributed by atoms with E-state index in [2.05, 4.69) is 5.32 Å². The molecule has 0 aliphatic rings. The summed E-state index contributed by atoms with van der Waals surface area (Å²) < 4.78 is 9.71. The number of allylic oxidation sites excluding steroid dienone is 1. The number of alkyl carbamates (subject to hydrolysis) is 1. The third kappa shape index (κ3) is 6.26. The third-order valence-electron chi connectivity index (χ3n) is 2.13. The second-order valence-corrected chi connectivity index (χ2v) is 3.77. The van der Waals surface area contributed by atoms with Crippen LogP contribution >= 0.6 is 0 Å². The van der Waals surface area contributed by atoms with Gasteiger partial charge >= 0.3 is 12.1 Å². The molecular weight excluding hydrogens is 246 g/mol. The number of amides is 1. The Balaban J connectivity index is 2.37. The molecule has 0 fully saturated rings. The van der Waals surface area contributed by atoms with Crippen LogP contribution in [0, 0.1) is 0 Å². The Morgan fingerprint density at radius 3 is 2.53 bits per heavy atom. The number of ether oxygens (including phenoxy) is 2. The van der Waals surface area contributed by atoms with Gasteiger partial charge in [-0.1, -0.05) is 30.3 Å². The Morgan fingerprint density at radius 1 is 1.21 bits per heavy atom. The zero-order chi connectivity index (χ0) is 14.1. The highest BCUT2D eigenvalue weighted by Crippen LogP contribution is 2.01. The third-order valence-corrected chi connectivity index (χ3v) is 2.13. The number of hydrogen-bond acceptors (Lipinski definition) is 4. The van der Waals surface area contributed by atoms with Crippen LogP contribution in [0.25, 0.3) is 0 Å². The SMILES string of the molecule is CCOC(=O)/C=C(/C)NC(=O)OCc1ccccc1. The molecule has 1 aromatic carbocycles. The van der Waals surface area contributed by atoms with Crippen LogP contribution in [-0.2, 0) is 20.9 Å². The largest absolute Gasteiger partial charge is 0.463 e. The maximum absolute atomic E-state index is 11.4. The lowest BCUT2D eigenvalue weighted by molar-refractivity contribution is -0.137. The monoisotopic (exact) mass is 263 g/mol. The molecular formula is C14H17NO4. The molecule has 0 aliphatic heterocycles. The molecule has 5 nitrogen and oxygen atoms in total. The molecule has 0 spiro atoms. The van der Waals surface area contributed by atoms with Crippen LogP contribution in [0.5, 0.6) is 0 Å². The zero-order valence-electron chi connectivity index (χ0n) is 11.0. The maximum atomic E-state index is 11.4. The molecule has 0 aromatic heterocycles. The summed E-state index contributed by atoms with van der Waals surface area (Å²) in [5.74, 6) is -0.497. The summed E-state index contributed by atoms with van der Waals surface area (Å²) in [5.41, 5.74) is 1.26. The van der Waals surface area contributed by atoms with Crippen molar-refractivity contribution >= 4 is 12.1 Å². The van der Waals surface area contributed by atoms with Crippen molar-refractivity contribution in [2.75, 3.05) is 6.61 Å².